The lowest BCUT2D eigenvalue weighted by Crippen LogP contribution is -2.40. The number of anilines is 1. The minimum atomic E-state index is -0.227. The number of nitrogens with one attached hydrogen (secondary N) is 2. The maximum absolute atomic E-state index is 11.8. The zero-order valence-corrected chi connectivity index (χ0v) is 11.4. The molecule has 1 heterocycles. The molecule has 0 unspecified atom stereocenters. The van der Waals surface area contributed by atoms with Crippen molar-refractivity contribution in [1.29, 1.82) is 0 Å². The molecule has 3 N–H and O–H groups in total. The van der Waals surface area contributed by atoms with Gasteiger partial charge in [0.15, 0.2) is 0 Å². The van der Waals surface area contributed by atoms with Crippen molar-refractivity contribution in [3.63, 3.8) is 0 Å². The van der Waals surface area contributed by atoms with E-state index in [1.165, 1.54) is 0 Å². The molecule has 19 heavy (non-hydrogen) atoms. The van der Waals surface area contributed by atoms with E-state index in [-0.39, 0.29) is 18.7 Å². The van der Waals surface area contributed by atoms with Crippen molar-refractivity contribution >= 4 is 23.3 Å². The number of urea groups is 1. The zero-order valence-electron chi connectivity index (χ0n) is 10.6. The summed E-state index contributed by atoms with van der Waals surface area (Å²) in [6.07, 6.45) is 5.29. The summed E-state index contributed by atoms with van der Waals surface area (Å²) < 4.78 is 0. The Morgan fingerprint density at radius 1 is 1.42 bits per heavy atom. The number of hydrogen-bond acceptors (Lipinski definition) is 3. The summed E-state index contributed by atoms with van der Waals surface area (Å²) in [4.78, 5) is 15.7. The number of nitrogens with zero attached hydrogens (tertiary/aromatic N) is 1. The Kier molecular flexibility index (Phi) is 4.99. The fourth-order valence-electron chi connectivity index (χ4n) is 2.32. The molecule has 1 aliphatic rings. The third kappa shape index (κ3) is 4.36. The van der Waals surface area contributed by atoms with Crippen LogP contribution in [0.2, 0.25) is 5.15 Å². The minimum Gasteiger partial charge on any atom is -0.396 e. The van der Waals surface area contributed by atoms with Crippen molar-refractivity contribution in [2.75, 3.05) is 11.9 Å². The van der Waals surface area contributed by atoms with Gasteiger partial charge in [0, 0.05) is 24.5 Å². The first-order valence-electron chi connectivity index (χ1n) is 6.47. The van der Waals surface area contributed by atoms with Gasteiger partial charge in [-0.25, -0.2) is 9.78 Å². The van der Waals surface area contributed by atoms with Crippen molar-refractivity contribution in [3.05, 3.63) is 23.5 Å². The zero-order chi connectivity index (χ0) is 13.7. The third-order valence-electron chi connectivity index (χ3n) is 3.42. The van der Waals surface area contributed by atoms with Crippen LogP contribution < -0.4 is 10.6 Å². The Hall–Kier alpha value is -1.33. The molecule has 1 aromatic rings. The summed E-state index contributed by atoms with van der Waals surface area (Å²) in [6, 6.07) is 3.24. The van der Waals surface area contributed by atoms with Crippen LogP contribution >= 0.6 is 11.6 Å². The Labute approximate surface area is 117 Å². The van der Waals surface area contributed by atoms with Gasteiger partial charge in [-0.2, -0.15) is 0 Å². The van der Waals surface area contributed by atoms with E-state index < -0.39 is 0 Å². The fraction of sp³-hybridized carbons (Fsp3) is 0.538. The number of halogens is 1. The third-order valence-corrected chi connectivity index (χ3v) is 3.63. The van der Waals surface area contributed by atoms with Gasteiger partial charge in [0.2, 0.25) is 0 Å². The van der Waals surface area contributed by atoms with Gasteiger partial charge in [-0.1, -0.05) is 11.6 Å². The van der Waals surface area contributed by atoms with Crippen LogP contribution in [0.5, 0.6) is 0 Å². The van der Waals surface area contributed by atoms with E-state index in [1.807, 2.05) is 0 Å². The standard InChI is InChI=1S/C13H18ClN3O2/c14-12-7-11(5-6-15-12)17-13(19)16-10-3-1-9(8-18)2-4-10/h5-7,9-10,18H,1-4,8H2,(H2,15,16,17,19). The summed E-state index contributed by atoms with van der Waals surface area (Å²) >= 11 is 5.75. The first-order valence-corrected chi connectivity index (χ1v) is 6.85. The average Bonchev–Trinajstić information content (AvgIpc) is 2.39. The second kappa shape index (κ2) is 6.73. The van der Waals surface area contributed by atoms with E-state index in [4.69, 9.17) is 16.7 Å². The van der Waals surface area contributed by atoms with Gasteiger partial charge in [0.1, 0.15) is 5.15 Å². The molecule has 0 atom stereocenters. The van der Waals surface area contributed by atoms with Gasteiger partial charge in [0.05, 0.1) is 0 Å². The predicted octanol–water partition coefficient (Wildman–Crippen LogP) is 2.41. The average molecular weight is 284 g/mol. The summed E-state index contributed by atoms with van der Waals surface area (Å²) in [5.41, 5.74) is 0.626. The smallest absolute Gasteiger partial charge is 0.319 e. The number of rotatable bonds is 3. The summed E-state index contributed by atoms with van der Waals surface area (Å²) in [5.74, 6) is 0.389. The highest BCUT2D eigenvalue weighted by Gasteiger charge is 2.21. The SMILES string of the molecule is O=C(Nc1ccnc(Cl)c1)NC1CCC(CO)CC1. The minimum absolute atomic E-state index is 0.181. The quantitative estimate of drug-likeness (QED) is 0.746. The molecule has 5 nitrogen and oxygen atoms in total. The number of aliphatic hydroxyl groups is 1. The van der Waals surface area contributed by atoms with E-state index in [0.29, 0.717) is 16.8 Å². The molecule has 0 spiro atoms. The van der Waals surface area contributed by atoms with Crippen LogP contribution in [-0.4, -0.2) is 28.8 Å². The van der Waals surface area contributed by atoms with Crippen LogP contribution in [0, 0.1) is 5.92 Å². The topological polar surface area (TPSA) is 74.2 Å². The van der Waals surface area contributed by atoms with Gasteiger partial charge >= 0.3 is 6.03 Å². The molecule has 1 aromatic heterocycles. The fourth-order valence-corrected chi connectivity index (χ4v) is 2.50. The maximum atomic E-state index is 11.8. The number of carbonyl (C=O) groups is 1. The normalized spacial score (nSPS) is 22.8. The van der Waals surface area contributed by atoms with Gasteiger partial charge < -0.3 is 15.7 Å². The predicted molar refractivity (Wildman–Crippen MR) is 74.2 cm³/mol. The molecule has 1 fully saturated rings. The number of hydrogen-bond donors (Lipinski definition) is 3. The summed E-state index contributed by atoms with van der Waals surface area (Å²) in [7, 11) is 0. The first-order chi connectivity index (χ1) is 9.17. The van der Waals surface area contributed by atoms with Crippen LogP contribution in [0.4, 0.5) is 10.5 Å². The Bertz CT molecular complexity index is 434. The lowest BCUT2D eigenvalue weighted by Gasteiger charge is -2.27. The van der Waals surface area contributed by atoms with Crippen LogP contribution in [0.1, 0.15) is 25.7 Å². The molecule has 0 radical (unpaired) electrons. The molecule has 6 heteroatoms. The number of pyridine rings is 1. The maximum Gasteiger partial charge on any atom is 0.319 e. The molecule has 1 aliphatic carbocycles. The Balaban J connectivity index is 1.79. The highest BCUT2D eigenvalue weighted by Crippen LogP contribution is 2.23. The second-order valence-electron chi connectivity index (χ2n) is 4.87. The number of carbonyl (C=O) groups excluding carboxylic acids is 1. The Morgan fingerprint density at radius 2 is 2.16 bits per heavy atom. The summed E-state index contributed by atoms with van der Waals surface area (Å²) in [5, 5.41) is 15.1. The van der Waals surface area contributed by atoms with Crippen LogP contribution in [0.15, 0.2) is 18.3 Å². The Morgan fingerprint density at radius 3 is 2.79 bits per heavy atom. The van der Waals surface area contributed by atoms with Crippen molar-refractivity contribution in [2.24, 2.45) is 5.92 Å². The molecular weight excluding hydrogens is 266 g/mol. The molecule has 0 aliphatic heterocycles. The van der Waals surface area contributed by atoms with E-state index in [2.05, 4.69) is 15.6 Å². The highest BCUT2D eigenvalue weighted by atomic mass is 35.5. The van der Waals surface area contributed by atoms with Crippen molar-refractivity contribution in [3.8, 4) is 0 Å². The molecule has 0 aromatic carbocycles. The highest BCUT2D eigenvalue weighted by molar-refractivity contribution is 6.29. The van der Waals surface area contributed by atoms with Crippen molar-refractivity contribution in [1.82, 2.24) is 10.3 Å². The van der Waals surface area contributed by atoms with Gasteiger partial charge in [0.25, 0.3) is 0 Å². The van der Waals surface area contributed by atoms with E-state index in [0.717, 1.165) is 25.7 Å². The van der Waals surface area contributed by atoms with E-state index in [1.54, 1.807) is 18.3 Å². The molecule has 2 rings (SSSR count). The number of aromatic nitrogens is 1. The van der Waals surface area contributed by atoms with Gasteiger partial charge in [-0.05, 0) is 43.7 Å². The number of amides is 2. The summed E-state index contributed by atoms with van der Waals surface area (Å²) in [6.45, 7) is 0.244. The monoisotopic (exact) mass is 283 g/mol. The lowest BCUT2D eigenvalue weighted by molar-refractivity contribution is 0.176. The molecular formula is C13H18ClN3O2. The van der Waals surface area contributed by atoms with Crippen molar-refractivity contribution < 1.29 is 9.90 Å². The molecule has 1 saturated carbocycles. The lowest BCUT2D eigenvalue weighted by atomic mass is 9.87. The van der Waals surface area contributed by atoms with E-state index >= 15 is 0 Å². The van der Waals surface area contributed by atoms with Crippen LogP contribution in [-0.2, 0) is 0 Å². The molecule has 2 amide bonds. The molecule has 104 valence electrons. The molecule has 0 bridgehead atoms. The van der Waals surface area contributed by atoms with Crippen LogP contribution in [0.3, 0.4) is 0 Å². The van der Waals surface area contributed by atoms with Crippen LogP contribution in [0.25, 0.3) is 0 Å². The second-order valence-corrected chi connectivity index (χ2v) is 5.25. The van der Waals surface area contributed by atoms with Crippen molar-refractivity contribution in [2.45, 2.75) is 31.7 Å². The number of aliphatic hydroxyl groups excluding tert-OH is 1. The van der Waals surface area contributed by atoms with E-state index in [9.17, 15) is 4.79 Å². The van der Waals surface area contributed by atoms with Gasteiger partial charge in [-0.15, -0.1) is 0 Å². The first kappa shape index (κ1) is 14.1. The van der Waals surface area contributed by atoms with Gasteiger partial charge in [-0.3, -0.25) is 0 Å². The molecule has 0 saturated heterocycles. The largest absolute Gasteiger partial charge is 0.396 e.